The van der Waals surface area contributed by atoms with E-state index in [1.165, 1.54) is 43.8 Å². The summed E-state index contributed by atoms with van der Waals surface area (Å²) in [6.45, 7) is 10.1. The van der Waals surface area contributed by atoms with Gasteiger partial charge in [0.2, 0.25) is 0 Å². The smallest absolute Gasteiger partial charge is 0.192 e. The molecule has 0 unspecified atom stereocenters. The minimum absolute atomic E-state index is 0.992. The highest BCUT2D eigenvalue weighted by Crippen LogP contribution is 2.27. The fraction of sp³-hybridized carbons (Fsp3) is 1.00. The third-order valence-electron chi connectivity index (χ3n) is 2.73. The number of hydrogen-bond donors (Lipinski definition) is 0. The fourth-order valence-corrected chi connectivity index (χ4v) is 6.83. The molecule has 86 valence electrons. The zero-order chi connectivity index (χ0) is 10.9. The standard InChI is InChI=1S/C12H28OSi/c1-5-9-13-14(10-6-2,11-7-3)12-8-4/h5-12H2,1-4H3. The summed E-state index contributed by atoms with van der Waals surface area (Å²) in [5, 5.41) is 0. The lowest BCUT2D eigenvalue weighted by Gasteiger charge is -2.30. The van der Waals surface area contributed by atoms with E-state index in [4.69, 9.17) is 4.43 Å². The summed E-state index contributed by atoms with van der Waals surface area (Å²) >= 11 is 0. The molecule has 1 nitrogen and oxygen atoms in total. The van der Waals surface area contributed by atoms with E-state index in [1.807, 2.05) is 0 Å². The van der Waals surface area contributed by atoms with Gasteiger partial charge >= 0.3 is 0 Å². The van der Waals surface area contributed by atoms with Crippen molar-refractivity contribution in [2.24, 2.45) is 0 Å². The highest BCUT2D eigenvalue weighted by molar-refractivity contribution is 6.73. The molecule has 14 heavy (non-hydrogen) atoms. The molecule has 0 atom stereocenters. The van der Waals surface area contributed by atoms with Crippen LogP contribution >= 0.6 is 0 Å². The molecule has 0 aromatic carbocycles. The first kappa shape index (κ1) is 14.2. The molecule has 0 spiro atoms. The van der Waals surface area contributed by atoms with Crippen LogP contribution in [0.15, 0.2) is 0 Å². The average Bonchev–Trinajstić information content (AvgIpc) is 2.16. The van der Waals surface area contributed by atoms with Gasteiger partial charge in [0.1, 0.15) is 0 Å². The summed E-state index contributed by atoms with van der Waals surface area (Å²) in [6.07, 6.45) is 5.08. The Morgan fingerprint density at radius 2 is 1.14 bits per heavy atom. The van der Waals surface area contributed by atoms with Gasteiger partial charge in [-0.25, -0.2) is 0 Å². The quantitative estimate of drug-likeness (QED) is 0.512. The third-order valence-corrected chi connectivity index (χ3v) is 7.78. The Hall–Kier alpha value is 0.177. The lowest BCUT2D eigenvalue weighted by molar-refractivity contribution is 0.295. The first-order chi connectivity index (χ1) is 6.74. The first-order valence-corrected chi connectivity index (χ1v) is 8.91. The van der Waals surface area contributed by atoms with Crippen LogP contribution in [0.4, 0.5) is 0 Å². The van der Waals surface area contributed by atoms with Crippen molar-refractivity contribution in [3.8, 4) is 0 Å². The SMILES string of the molecule is CCCO[Si](CCC)(CCC)CCC. The molecule has 0 saturated carbocycles. The van der Waals surface area contributed by atoms with Gasteiger partial charge in [0.05, 0.1) is 0 Å². The monoisotopic (exact) mass is 216 g/mol. The van der Waals surface area contributed by atoms with E-state index >= 15 is 0 Å². The van der Waals surface area contributed by atoms with Gasteiger partial charge in [0.15, 0.2) is 8.32 Å². The average molecular weight is 216 g/mol. The molecule has 0 amide bonds. The van der Waals surface area contributed by atoms with E-state index in [0.29, 0.717) is 0 Å². The molecule has 0 saturated heterocycles. The molecule has 2 heteroatoms. The highest BCUT2D eigenvalue weighted by atomic mass is 28.4. The van der Waals surface area contributed by atoms with E-state index in [2.05, 4.69) is 27.7 Å². The predicted molar refractivity (Wildman–Crippen MR) is 67.3 cm³/mol. The maximum absolute atomic E-state index is 6.24. The van der Waals surface area contributed by atoms with Crippen molar-refractivity contribution in [3.63, 3.8) is 0 Å². The van der Waals surface area contributed by atoms with E-state index in [-0.39, 0.29) is 0 Å². The van der Waals surface area contributed by atoms with Crippen LogP contribution in [0.5, 0.6) is 0 Å². The summed E-state index contributed by atoms with van der Waals surface area (Å²) in [6, 6.07) is 4.11. The summed E-state index contributed by atoms with van der Waals surface area (Å²) < 4.78 is 6.24. The lowest BCUT2D eigenvalue weighted by Crippen LogP contribution is -2.38. The van der Waals surface area contributed by atoms with E-state index < -0.39 is 8.32 Å². The van der Waals surface area contributed by atoms with Gasteiger partial charge in [0.25, 0.3) is 0 Å². The van der Waals surface area contributed by atoms with Gasteiger partial charge in [-0.05, 0) is 24.6 Å². The second-order valence-corrected chi connectivity index (χ2v) is 8.44. The molecule has 0 aliphatic carbocycles. The molecule has 0 heterocycles. The molecule has 0 aliphatic heterocycles. The van der Waals surface area contributed by atoms with Crippen LogP contribution in [0, 0.1) is 0 Å². The second kappa shape index (κ2) is 8.48. The van der Waals surface area contributed by atoms with Gasteiger partial charge in [-0.3, -0.25) is 0 Å². The minimum Gasteiger partial charge on any atom is -0.417 e. The second-order valence-electron chi connectivity index (χ2n) is 4.28. The molecule has 0 aliphatic rings. The van der Waals surface area contributed by atoms with E-state index in [0.717, 1.165) is 6.61 Å². The molecular weight excluding hydrogens is 188 g/mol. The minimum atomic E-state index is -1.32. The van der Waals surface area contributed by atoms with E-state index in [1.54, 1.807) is 0 Å². The molecule has 0 rings (SSSR count). The van der Waals surface area contributed by atoms with Gasteiger partial charge < -0.3 is 4.43 Å². The van der Waals surface area contributed by atoms with Crippen LogP contribution in [-0.4, -0.2) is 14.9 Å². The molecular formula is C12H28OSi. The molecule has 0 radical (unpaired) electrons. The summed E-state index contributed by atoms with van der Waals surface area (Å²) in [4.78, 5) is 0. The first-order valence-electron chi connectivity index (χ1n) is 6.38. The summed E-state index contributed by atoms with van der Waals surface area (Å²) in [7, 11) is -1.32. The largest absolute Gasteiger partial charge is 0.417 e. The predicted octanol–water partition coefficient (Wildman–Crippen LogP) is 4.59. The third kappa shape index (κ3) is 5.16. The topological polar surface area (TPSA) is 9.23 Å². The highest BCUT2D eigenvalue weighted by Gasteiger charge is 2.31. The Morgan fingerprint density at radius 3 is 1.43 bits per heavy atom. The lowest BCUT2D eigenvalue weighted by atomic mass is 10.5. The fourth-order valence-electron chi connectivity index (χ4n) is 2.28. The van der Waals surface area contributed by atoms with E-state index in [9.17, 15) is 0 Å². The zero-order valence-electron chi connectivity index (χ0n) is 10.6. The number of hydrogen-bond acceptors (Lipinski definition) is 1. The van der Waals surface area contributed by atoms with Crippen molar-refractivity contribution in [2.75, 3.05) is 6.61 Å². The van der Waals surface area contributed by atoms with Crippen molar-refractivity contribution >= 4 is 8.32 Å². The van der Waals surface area contributed by atoms with Gasteiger partial charge in [-0.1, -0.05) is 47.0 Å². The molecule has 0 aromatic rings. The molecule has 0 N–H and O–H groups in total. The van der Waals surface area contributed by atoms with Gasteiger partial charge in [-0.2, -0.15) is 0 Å². The normalized spacial score (nSPS) is 12.0. The molecule has 0 bridgehead atoms. The van der Waals surface area contributed by atoms with Crippen LogP contribution < -0.4 is 0 Å². The van der Waals surface area contributed by atoms with Crippen LogP contribution in [0.25, 0.3) is 0 Å². The van der Waals surface area contributed by atoms with Crippen molar-refractivity contribution in [1.29, 1.82) is 0 Å². The Kier molecular flexibility index (Phi) is 8.59. The van der Waals surface area contributed by atoms with Gasteiger partial charge in [-0.15, -0.1) is 0 Å². The van der Waals surface area contributed by atoms with Crippen LogP contribution in [0.1, 0.15) is 53.4 Å². The van der Waals surface area contributed by atoms with Crippen molar-refractivity contribution < 1.29 is 4.43 Å². The number of rotatable bonds is 9. The molecule has 0 aromatic heterocycles. The zero-order valence-corrected chi connectivity index (χ0v) is 11.6. The van der Waals surface area contributed by atoms with Crippen molar-refractivity contribution in [1.82, 2.24) is 0 Å². The Bertz CT molecular complexity index is 108. The van der Waals surface area contributed by atoms with Crippen molar-refractivity contribution in [3.05, 3.63) is 0 Å². The van der Waals surface area contributed by atoms with Crippen LogP contribution in [-0.2, 0) is 4.43 Å². The summed E-state index contributed by atoms with van der Waals surface area (Å²) in [5.41, 5.74) is 0. The van der Waals surface area contributed by atoms with Crippen LogP contribution in [0.3, 0.4) is 0 Å². The Morgan fingerprint density at radius 1 is 0.714 bits per heavy atom. The Balaban J connectivity index is 4.21. The van der Waals surface area contributed by atoms with Crippen molar-refractivity contribution in [2.45, 2.75) is 71.5 Å². The van der Waals surface area contributed by atoms with Gasteiger partial charge in [0, 0.05) is 6.61 Å². The maximum atomic E-state index is 6.24. The summed E-state index contributed by atoms with van der Waals surface area (Å²) in [5.74, 6) is 0. The maximum Gasteiger partial charge on any atom is 0.192 e. The molecule has 0 fully saturated rings. The van der Waals surface area contributed by atoms with Crippen LogP contribution in [0.2, 0.25) is 18.1 Å². The Labute approximate surface area is 91.4 Å².